The highest BCUT2D eigenvalue weighted by atomic mass is 32.2. The van der Waals surface area contributed by atoms with Crippen LogP contribution in [0.2, 0.25) is 0 Å². The Bertz CT molecular complexity index is 471. The van der Waals surface area contributed by atoms with E-state index in [9.17, 15) is 8.42 Å². The lowest BCUT2D eigenvalue weighted by molar-refractivity contribution is 0.324. The van der Waals surface area contributed by atoms with E-state index in [4.69, 9.17) is 0 Å². The highest BCUT2D eigenvalue weighted by Gasteiger charge is 2.27. The van der Waals surface area contributed by atoms with Gasteiger partial charge in [0, 0.05) is 52.2 Å². The minimum Gasteiger partial charge on any atom is -0.314 e. The summed E-state index contributed by atoms with van der Waals surface area (Å²) in [5.41, 5.74) is 0.936. The molecule has 0 amide bonds. The number of nitrogens with zero attached hydrogens (tertiary/aromatic N) is 3. The van der Waals surface area contributed by atoms with Crippen LogP contribution < -0.4 is 5.32 Å². The second-order valence-corrected chi connectivity index (χ2v) is 6.30. The predicted octanol–water partition coefficient (Wildman–Crippen LogP) is -0.337. The van der Waals surface area contributed by atoms with Gasteiger partial charge in [-0.3, -0.25) is 4.98 Å². The van der Waals surface area contributed by atoms with Gasteiger partial charge in [-0.15, -0.1) is 0 Å². The van der Waals surface area contributed by atoms with Crippen molar-refractivity contribution in [2.75, 3.05) is 33.2 Å². The molecule has 0 aliphatic carbocycles. The fraction of sp³-hybridized carbons (Fsp3) is 0.545. The van der Waals surface area contributed by atoms with Gasteiger partial charge in [0.25, 0.3) is 10.2 Å². The van der Waals surface area contributed by atoms with Gasteiger partial charge in [-0.05, 0) is 17.7 Å². The van der Waals surface area contributed by atoms with E-state index >= 15 is 0 Å². The highest BCUT2D eigenvalue weighted by Crippen LogP contribution is 2.11. The Morgan fingerprint density at radius 3 is 2.56 bits per heavy atom. The number of hydrogen-bond donors (Lipinski definition) is 1. The van der Waals surface area contributed by atoms with Crippen molar-refractivity contribution in [1.29, 1.82) is 0 Å². The average Bonchev–Trinajstić information content (AvgIpc) is 2.41. The number of pyridine rings is 1. The molecule has 1 saturated heterocycles. The molecule has 2 heterocycles. The van der Waals surface area contributed by atoms with Gasteiger partial charge in [0.05, 0.1) is 0 Å². The molecule has 7 heteroatoms. The number of nitrogens with one attached hydrogen (secondary N) is 1. The molecule has 1 fully saturated rings. The van der Waals surface area contributed by atoms with Crippen LogP contribution in [0, 0.1) is 0 Å². The van der Waals surface area contributed by atoms with E-state index in [2.05, 4.69) is 10.3 Å². The average molecular weight is 270 g/mol. The molecule has 2 rings (SSSR count). The fourth-order valence-corrected chi connectivity index (χ4v) is 3.25. The molecule has 1 aliphatic rings. The lowest BCUT2D eigenvalue weighted by atomic mass is 10.3. The molecule has 0 radical (unpaired) electrons. The molecule has 0 unspecified atom stereocenters. The molecule has 18 heavy (non-hydrogen) atoms. The molecular weight excluding hydrogens is 252 g/mol. The Kier molecular flexibility index (Phi) is 4.28. The third-order valence-corrected chi connectivity index (χ3v) is 4.89. The zero-order valence-corrected chi connectivity index (χ0v) is 11.2. The third-order valence-electron chi connectivity index (χ3n) is 2.95. The van der Waals surface area contributed by atoms with Gasteiger partial charge >= 0.3 is 0 Å². The Balaban J connectivity index is 2.05. The summed E-state index contributed by atoms with van der Waals surface area (Å²) < 4.78 is 27.5. The molecule has 100 valence electrons. The second kappa shape index (κ2) is 5.75. The molecule has 6 nitrogen and oxygen atoms in total. The van der Waals surface area contributed by atoms with Crippen molar-refractivity contribution < 1.29 is 8.42 Å². The largest absolute Gasteiger partial charge is 0.314 e. The Morgan fingerprint density at radius 1 is 1.33 bits per heavy atom. The minimum absolute atomic E-state index is 0.370. The van der Waals surface area contributed by atoms with E-state index in [-0.39, 0.29) is 0 Å². The van der Waals surface area contributed by atoms with Gasteiger partial charge in [-0.2, -0.15) is 17.0 Å². The lowest BCUT2D eigenvalue weighted by Crippen LogP contribution is -2.50. The van der Waals surface area contributed by atoms with Crippen LogP contribution in [0.5, 0.6) is 0 Å². The molecule has 0 aromatic carbocycles. The summed E-state index contributed by atoms with van der Waals surface area (Å²) in [6, 6.07) is 3.65. The van der Waals surface area contributed by atoms with E-state index in [0.29, 0.717) is 32.7 Å². The molecule has 1 aromatic heterocycles. The first kappa shape index (κ1) is 13.4. The van der Waals surface area contributed by atoms with Crippen molar-refractivity contribution in [3.63, 3.8) is 0 Å². The van der Waals surface area contributed by atoms with Crippen molar-refractivity contribution in [2.24, 2.45) is 0 Å². The zero-order chi connectivity index (χ0) is 13.0. The van der Waals surface area contributed by atoms with Gasteiger partial charge in [0.15, 0.2) is 0 Å². The molecular formula is C11H18N4O2S. The number of aromatic nitrogens is 1. The first-order valence-electron chi connectivity index (χ1n) is 5.92. The summed E-state index contributed by atoms with van der Waals surface area (Å²) in [6.45, 7) is 2.85. The predicted molar refractivity (Wildman–Crippen MR) is 69.1 cm³/mol. The SMILES string of the molecule is CN(Cc1ccncc1)S(=O)(=O)N1CCNCC1. The van der Waals surface area contributed by atoms with Crippen LogP contribution in [0.15, 0.2) is 24.5 Å². The summed E-state index contributed by atoms with van der Waals surface area (Å²) >= 11 is 0. The second-order valence-electron chi connectivity index (χ2n) is 4.27. The standard InChI is InChI=1S/C11H18N4O2S/c1-14(10-11-2-4-12-5-3-11)18(16,17)15-8-6-13-7-9-15/h2-5,13H,6-10H2,1H3. The summed E-state index contributed by atoms with van der Waals surface area (Å²) in [5.74, 6) is 0. The van der Waals surface area contributed by atoms with Gasteiger partial charge in [-0.25, -0.2) is 0 Å². The van der Waals surface area contributed by atoms with Crippen molar-refractivity contribution in [1.82, 2.24) is 18.9 Å². The minimum atomic E-state index is -3.35. The van der Waals surface area contributed by atoms with E-state index in [0.717, 1.165) is 5.56 Å². The van der Waals surface area contributed by atoms with Crippen LogP contribution in [0.3, 0.4) is 0 Å². The monoisotopic (exact) mass is 270 g/mol. The van der Waals surface area contributed by atoms with Crippen LogP contribution in [0.25, 0.3) is 0 Å². The van der Waals surface area contributed by atoms with E-state index < -0.39 is 10.2 Å². The summed E-state index contributed by atoms with van der Waals surface area (Å²) in [4.78, 5) is 3.92. The molecule has 1 aliphatic heterocycles. The fourth-order valence-electron chi connectivity index (χ4n) is 1.90. The molecule has 0 spiro atoms. The maximum absolute atomic E-state index is 12.3. The zero-order valence-electron chi connectivity index (χ0n) is 10.4. The topological polar surface area (TPSA) is 65.5 Å². The number of rotatable bonds is 4. The Hall–Kier alpha value is -1.02. The van der Waals surface area contributed by atoms with E-state index in [1.165, 1.54) is 8.61 Å². The summed E-state index contributed by atoms with van der Waals surface area (Å²) in [7, 11) is -1.75. The van der Waals surface area contributed by atoms with Gasteiger partial charge < -0.3 is 5.32 Å². The summed E-state index contributed by atoms with van der Waals surface area (Å²) in [5, 5.41) is 3.14. The number of piperazine rings is 1. The Labute approximate surface area is 108 Å². The smallest absolute Gasteiger partial charge is 0.282 e. The molecule has 0 bridgehead atoms. The number of hydrogen-bond acceptors (Lipinski definition) is 4. The van der Waals surface area contributed by atoms with Crippen molar-refractivity contribution in [3.8, 4) is 0 Å². The molecule has 0 atom stereocenters. The third kappa shape index (κ3) is 3.05. The van der Waals surface area contributed by atoms with E-state index in [1.807, 2.05) is 12.1 Å². The quantitative estimate of drug-likeness (QED) is 0.813. The van der Waals surface area contributed by atoms with Crippen molar-refractivity contribution in [3.05, 3.63) is 30.1 Å². The molecule has 1 N–H and O–H groups in total. The lowest BCUT2D eigenvalue weighted by Gasteiger charge is -2.30. The first-order chi connectivity index (χ1) is 8.60. The van der Waals surface area contributed by atoms with Gasteiger partial charge in [0.2, 0.25) is 0 Å². The van der Waals surface area contributed by atoms with Crippen molar-refractivity contribution in [2.45, 2.75) is 6.54 Å². The molecule has 1 aromatic rings. The first-order valence-corrected chi connectivity index (χ1v) is 7.31. The van der Waals surface area contributed by atoms with Crippen LogP contribution in [-0.4, -0.2) is 55.2 Å². The maximum Gasteiger partial charge on any atom is 0.282 e. The maximum atomic E-state index is 12.3. The van der Waals surface area contributed by atoms with Crippen LogP contribution in [0.4, 0.5) is 0 Å². The van der Waals surface area contributed by atoms with Crippen LogP contribution >= 0.6 is 0 Å². The normalized spacial score (nSPS) is 18.1. The van der Waals surface area contributed by atoms with Crippen LogP contribution in [0.1, 0.15) is 5.56 Å². The summed E-state index contributed by atoms with van der Waals surface area (Å²) in [6.07, 6.45) is 3.33. The van der Waals surface area contributed by atoms with E-state index in [1.54, 1.807) is 19.4 Å². The van der Waals surface area contributed by atoms with Crippen molar-refractivity contribution >= 4 is 10.2 Å². The van der Waals surface area contributed by atoms with Gasteiger partial charge in [-0.1, -0.05) is 0 Å². The highest BCUT2D eigenvalue weighted by molar-refractivity contribution is 7.86. The van der Waals surface area contributed by atoms with Gasteiger partial charge in [0.1, 0.15) is 0 Å². The van der Waals surface area contributed by atoms with Crippen LogP contribution in [-0.2, 0) is 16.8 Å². The molecule has 0 saturated carbocycles. The Morgan fingerprint density at radius 2 is 1.94 bits per heavy atom.